The number of halogens is 1. The van der Waals surface area contributed by atoms with E-state index in [4.69, 9.17) is 4.74 Å². The first kappa shape index (κ1) is 17.7. The highest BCUT2D eigenvalue weighted by atomic mass is 79.9. The van der Waals surface area contributed by atoms with E-state index in [1.165, 1.54) is 0 Å². The second-order valence-electron chi connectivity index (χ2n) is 5.20. The van der Waals surface area contributed by atoms with Crippen molar-refractivity contribution >= 4 is 15.9 Å². The first-order valence-electron chi connectivity index (χ1n) is 7.49. The molecule has 0 aliphatic heterocycles. The van der Waals surface area contributed by atoms with Gasteiger partial charge in [0.2, 0.25) is 0 Å². The number of aromatic nitrogens is 2. The molecular weight excluding hydrogens is 320 g/mol. The van der Waals surface area contributed by atoms with Crippen LogP contribution >= 0.6 is 15.9 Å². The Bertz CT molecular complexity index is 434. The predicted octanol–water partition coefficient (Wildman–Crippen LogP) is 3.34. The van der Waals surface area contributed by atoms with E-state index in [1.54, 1.807) is 0 Å². The smallest absolute Gasteiger partial charge is 0.0913 e. The number of hydrogen-bond donors (Lipinski definition) is 1. The maximum atomic E-state index is 10.6. The minimum Gasteiger partial charge on any atom is -0.390 e. The Hall–Kier alpha value is -0.390. The van der Waals surface area contributed by atoms with Crippen molar-refractivity contribution in [2.45, 2.75) is 72.1 Å². The third kappa shape index (κ3) is 3.62. The van der Waals surface area contributed by atoms with Crippen molar-refractivity contribution in [2.75, 3.05) is 6.61 Å². The summed E-state index contributed by atoms with van der Waals surface area (Å²) in [7, 11) is 0. The molecular formula is C15H27BrN2O2. The molecule has 2 unspecified atom stereocenters. The van der Waals surface area contributed by atoms with Gasteiger partial charge in [0, 0.05) is 19.6 Å². The van der Waals surface area contributed by atoms with Crippen molar-refractivity contribution in [1.29, 1.82) is 0 Å². The molecule has 0 saturated carbocycles. The third-order valence-corrected chi connectivity index (χ3v) is 4.88. The standard InChI is InChI=1S/C15H27BrN2O2/c1-6-11-14(16)12(18(8-3)17-11)10-13(19)15(5,7-2)20-9-4/h13,19H,6-10H2,1-5H3. The molecule has 0 aliphatic carbocycles. The van der Waals surface area contributed by atoms with Gasteiger partial charge in [-0.2, -0.15) is 5.10 Å². The van der Waals surface area contributed by atoms with Crippen molar-refractivity contribution in [2.24, 2.45) is 0 Å². The van der Waals surface area contributed by atoms with Gasteiger partial charge in [-0.3, -0.25) is 4.68 Å². The van der Waals surface area contributed by atoms with E-state index in [1.807, 2.05) is 25.5 Å². The van der Waals surface area contributed by atoms with Gasteiger partial charge >= 0.3 is 0 Å². The Morgan fingerprint density at radius 1 is 1.35 bits per heavy atom. The van der Waals surface area contributed by atoms with Crippen molar-refractivity contribution in [3.8, 4) is 0 Å². The number of hydrogen-bond acceptors (Lipinski definition) is 3. The van der Waals surface area contributed by atoms with E-state index in [2.05, 4.69) is 34.9 Å². The van der Waals surface area contributed by atoms with Crippen LogP contribution in [0, 0.1) is 0 Å². The van der Waals surface area contributed by atoms with Gasteiger partial charge in [0.15, 0.2) is 0 Å². The van der Waals surface area contributed by atoms with Crippen LogP contribution in [-0.2, 0) is 24.1 Å². The van der Waals surface area contributed by atoms with Gasteiger partial charge in [-0.25, -0.2) is 0 Å². The summed E-state index contributed by atoms with van der Waals surface area (Å²) >= 11 is 3.62. The van der Waals surface area contributed by atoms with E-state index >= 15 is 0 Å². The second-order valence-corrected chi connectivity index (χ2v) is 5.99. The molecule has 20 heavy (non-hydrogen) atoms. The quantitative estimate of drug-likeness (QED) is 0.785. The monoisotopic (exact) mass is 346 g/mol. The van der Waals surface area contributed by atoms with Crippen LogP contribution in [0.4, 0.5) is 0 Å². The maximum absolute atomic E-state index is 10.6. The fourth-order valence-electron chi connectivity index (χ4n) is 2.37. The molecule has 0 spiro atoms. The maximum Gasteiger partial charge on any atom is 0.0913 e. The molecule has 116 valence electrons. The summed E-state index contributed by atoms with van der Waals surface area (Å²) in [5, 5.41) is 15.2. The molecule has 0 bridgehead atoms. The molecule has 1 aromatic heterocycles. The van der Waals surface area contributed by atoms with E-state index in [9.17, 15) is 5.11 Å². The van der Waals surface area contributed by atoms with Gasteiger partial charge in [0.1, 0.15) is 0 Å². The van der Waals surface area contributed by atoms with Crippen LogP contribution in [0.3, 0.4) is 0 Å². The summed E-state index contributed by atoms with van der Waals surface area (Å²) in [6.45, 7) is 11.5. The predicted molar refractivity (Wildman–Crippen MR) is 85.0 cm³/mol. The van der Waals surface area contributed by atoms with Crippen LogP contribution in [0.2, 0.25) is 0 Å². The zero-order valence-electron chi connectivity index (χ0n) is 13.2. The van der Waals surface area contributed by atoms with Crippen molar-refractivity contribution in [3.63, 3.8) is 0 Å². The number of rotatable bonds is 8. The van der Waals surface area contributed by atoms with Gasteiger partial charge in [-0.1, -0.05) is 13.8 Å². The number of ether oxygens (including phenoxy) is 1. The molecule has 2 atom stereocenters. The minimum atomic E-state index is -0.546. The topological polar surface area (TPSA) is 47.3 Å². The molecule has 0 fully saturated rings. The van der Waals surface area contributed by atoms with Crippen LogP contribution in [0.1, 0.15) is 52.4 Å². The van der Waals surface area contributed by atoms with Gasteiger partial charge in [0.05, 0.1) is 27.6 Å². The van der Waals surface area contributed by atoms with E-state index in [0.29, 0.717) is 13.0 Å². The number of aryl methyl sites for hydroxylation is 2. The lowest BCUT2D eigenvalue weighted by Crippen LogP contribution is -2.43. The average Bonchev–Trinajstić information content (AvgIpc) is 2.75. The Balaban J connectivity index is 3.00. The summed E-state index contributed by atoms with van der Waals surface area (Å²) < 4.78 is 8.75. The third-order valence-electron chi connectivity index (χ3n) is 3.96. The molecule has 1 aromatic rings. The van der Waals surface area contributed by atoms with Crippen molar-refractivity contribution in [3.05, 3.63) is 15.9 Å². The molecule has 1 rings (SSSR count). The lowest BCUT2D eigenvalue weighted by Gasteiger charge is -2.33. The molecule has 1 N–H and O–H groups in total. The lowest BCUT2D eigenvalue weighted by molar-refractivity contribution is -0.110. The molecule has 0 amide bonds. The minimum absolute atomic E-state index is 0.511. The van der Waals surface area contributed by atoms with E-state index < -0.39 is 11.7 Å². The molecule has 0 aliphatic rings. The highest BCUT2D eigenvalue weighted by Gasteiger charge is 2.33. The summed E-state index contributed by atoms with van der Waals surface area (Å²) in [6.07, 6.45) is 1.66. The Morgan fingerprint density at radius 3 is 2.45 bits per heavy atom. The fraction of sp³-hybridized carbons (Fsp3) is 0.800. The SMILES string of the molecule is CCOC(C)(CC)C(O)Cc1c(Br)c(CC)nn1CC. The largest absolute Gasteiger partial charge is 0.390 e. The highest BCUT2D eigenvalue weighted by molar-refractivity contribution is 9.10. The Labute approximate surface area is 130 Å². The summed E-state index contributed by atoms with van der Waals surface area (Å²) in [5.74, 6) is 0. The summed E-state index contributed by atoms with van der Waals surface area (Å²) in [6, 6.07) is 0. The first-order chi connectivity index (χ1) is 9.43. The molecule has 0 radical (unpaired) electrons. The van der Waals surface area contributed by atoms with E-state index in [0.717, 1.165) is 35.2 Å². The highest BCUT2D eigenvalue weighted by Crippen LogP contribution is 2.28. The zero-order valence-corrected chi connectivity index (χ0v) is 14.8. The van der Waals surface area contributed by atoms with Crippen molar-refractivity contribution < 1.29 is 9.84 Å². The summed E-state index contributed by atoms with van der Waals surface area (Å²) in [5.41, 5.74) is 1.59. The molecule has 1 heterocycles. The van der Waals surface area contributed by atoms with Crippen LogP contribution in [-0.4, -0.2) is 33.2 Å². The van der Waals surface area contributed by atoms with E-state index in [-0.39, 0.29) is 0 Å². The second kappa shape index (κ2) is 7.57. The first-order valence-corrected chi connectivity index (χ1v) is 8.28. The Kier molecular flexibility index (Phi) is 6.69. The lowest BCUT2D eigenvalue weighted by atomic mass is 9.92. The number of nitrogens with zero attached hydrogens (tertiary/aromatic N) is 2. The normalized spacial score (nSPS) is 16.1. The van der Waals surface area contributed by atoms with Gasteiger partial charge in [0.25, 0.3) is 0 Å². The molecule has 0 aromatic carbocycles. The van der Waals surface area contributed by atoms with Gasteiger partial charge in [-0.15, -0.1) is 0 Å². The molecule has 4 nitrogen and oxygen atoms in total. The van der Waals surface area contributed by atoms with Crippen LogP contribution in [0.15, 0.2) is 4.47 Å². The van der Waals surface area contributed by atoms with Gasteiger partial charge < -0.3 is 9.84 Å². The van der Waals surface area contributed by atoms with Crippen LogP contribution < -0.4 is 0 Å². The van der Waals surface area contributed by atoms with Gasteiger partial charge in [-0.05, 0) is 49.5 Å². The number of aliphatic hydroxyl groups excluding tert-OH is 1. The van der Waals surface area contributed by atoms with Crippen LogP contribution in [0.25, 0.3) is 0 Å². The summed E-state index contributed by atoms with van der Waals surface area (Å²) in [4.78, 5) is 0. The fourth-order valence-corrected chi connectivity index (χ4v) is 3.10. The average molecular weight is 347 g/mol. The molecule has 0 saturated heterocycles. The molecule has 5 heteroatoms. The Morgan fingerprint density at radius 2 is 2.00 bits per heavy atom. The zero-order chi connectivity index (χ0) is 15.3. The van der Waals surface area contributed by atoms with Crippen LogP contribution in [0.5, 0.6) is 0 Å². The van der Waals surface area contributed by atoms with Crippen molar-refractivity contribution in [1.82, 2.24) is 9.78 Å². The number of aliphatic hydroxyl groups is 1.